The van der Waals surface area contributed by atoms with Crippen LogP contribution in [0.1, 0.15) is 13.3 Å². The molecule has 0 amide bonds. The van der Waals surface area contributed by atoms with E-state index in [1.54, 1.807) is 0 Å². The first-order valence-electron chi connectivity index (χ1n) is 7.23. The molecule has 0 aromatic carbocycles. The molecular weight excluding hydrogens is 449 g/mol. The van der Waals surface area contributed by atoms with Gasteiger partial charge >= 0.3 is 41.8 Å². The Hall–Kier alpha value is -1.48. The summed E-state index contributed by atoms with van der Waals surface area (Å²) in [6, 6.07) is 0. The maximum atomic E-state index is 13.8. The second-order valence-corrected chi connectivity index (χ2v) is 6.20. The molecule has 0 N–H and O–H groups in total. The highest BCUT2D eigenvalue weighted by Gasteiger charge is 2.90. The van der Waals surface area contributed by atoms with Gasteiger partial charge in [-0.2, -0.15) is 57.1 Å². The lowest BCUT2D eigenvalue weighted by Gasteiger charge is -2.40. The fourth-order valence-corrected chi connectivity index (χ4v) is 2.00. The number of halogens is 13. The number of carbonyl (C=O) groups is 1. The van der Waals surface area contributed by atoms with Crippen LogP contribution in [0, 0.1) is 0 Å². The number of hydrogen-bond donors (Lipinski definition) is 0. The minimum atomic E-state index is -7.95. The van der Waals surface area contributed by atoms with E-state index in [-0.39, 0.29) is 0 Å². The van der Waals surface area contributed by atoms with Gasteiger partial charge in [0.15, 0.2) is 0 Å². The lowest BCUT2D eigenvalue weighted by Crippen LogP contribution is -2.70. The number of likely N-dealkylation sites (N-methyl/N-ethyl adjacent to an activating group) is 1. The van der Waals surface area contributed by atoms with Gasteiger partial charge in [-0.15, -0.1) is 0 Å². The van der Waals surface area contributed by atoms with Crippen molar-refractivity contribution in [2.24, 2.45) is 0 Å². The molecule has 0 bridgehead atoms. The van der Waals surface area contributed by atoms with E-state index in [1.165, 1.54) is 0 Å². The van der Waals surface area contributed by atoms with Gasteiger partial charge in [0.1, 0.15) is 6.10 Å². The summed E-state index contributed by atoms with van der Waals surface area (Å²) in [5.41, 5.74) is 0. The monoisotopic (exact) mass is 463 g/mol. The largest absolute Gasteiger partial charge is 0.461 e. The van der Waals surface area contributed by atoms with E-state index in [0.717, 1.165) is 19.0 Å². The van der Waals surface area contributed by atoms with Crippen molar-refractivity contribution in [2.75, 3.05) is 20.6 Å². The van der Waals surface area contributed by atoms with E-state index in [2.05, 4.69) is 4.74 Å². The number of carbonyl (C=O) groups excluding carboxylic acids is 1. The van der Waals surface area contributed by atoms with Gasteiger partial charge in [-0.3, -0.25) is 4.79 Å². The Kier molecular flexibility index (Phi) is 7.57. The summed E-state index contributed by atoms with van der Waals surface area (Å²) in [5.74, 6) is -38.7. The van der Waals surface area contributed by atoms with E-state index >= 15 is 0 Å². The van der Waals surface area contributed by atoms with Gasteiger partial charge in [0, 0.05) is 13.5 Å². The Balaban J connectivity index is 6.17. The van der Waals surface area contributed by atoms with E-state index in [9.17, 15) is 61.9 Å². The molecule has 0 aromatic rings. The van der Waals surface area contributed by atoms with Crippen LogP contribution >= 0.6 is 0 Å². The molecule has 0 saturated heterocycles. The van der Waals surface area contributed by atoms with Crippen LogP contribution in [-0.2, 0) is 9.53 Å². The Morgan fingerprint density at radius 2 is 1.14 bits per heavy atom. The third-order valence-electron chi connectivity index (χ3n) is 3.38. The number of ether oxygens (including phenoxy) is 1. The van der Waals surface area contributed by atoms with Crippen LogP contribution in [0.4, 0.5) is 57.1 Å². The first-order valence-corrected chi connectivity index (χ1v) is 7.23. The van der Waals surface area contributed by atoms with E-state index in [4.69, 9.17) is 0 Å². The smallest absolute Gasteiger partial charge is 0.460 e. The average Bonchev–Trinajstić information content (AvgIpc) is 2.42. The molecule has 1 unspecified atom stereocenters. The van der Waals surface area contributed by atoms with Gasteiger partial charge in [0.2, 0.25) is 0 Å². The minimum Gasteiger partial charge on any atom is -0.461 e. The van der Waals surface area contributed by atoms with Crippen molar-refractivity contribution in [3.05, 3.63) is 0 Å². The molecule has 3 nitrogen and oxygen atoms in total. The summed E-state index contributed by atoms with van der Waals surface area (Å²) in [6.45, 7) is -0.239. The van der Waals surface area contributed by atoms with Gasteiger partial charge in [-0.1, -0.05) is 0 Å². The normalized spacial score (nSPS) is 16.2. The predicted octanol–water partition coefficient (Wildman–Crippen LogP) is 4.61. The molecule has 174 valence electrons. The number of alkyl halides is 13. The molecule has 0 heterocycles. The molecule has 29 heavy (non-hydrogen) atoms. The zero-order chi connectivity index (χ0) is 23.9. The average molecular weight is 463 g/mol. The molecule has 1 atom stereocenters. The number of hydrogen-bond acceptors (Lipinski definition) is 3. The topological polar surface area (TPSA) is 29.5 Å². The van der Waals surface area contributed by atoms with Crippen LogP contribution in [-0.4, -0.2) is 73.4 Å². The highest BCUT2D eigenvalue weighted by atomic mass is 19.4. The summed E-state index contributed by atoms with van der Waals surface area (Å²) in [4.78, 5) is 11.7. The third kappa shape index (κ3) is 4.99. The quantitative estimate of drug-likeness (QED) is 0.370. The van der Waals surface area contributed by atoms with E-state index in [0.29, 0.717) is 6.92 Å². The van der Waals surface area contributed by atoms with Crippen molar-refractivity contribution in [1.29, 1.82) is 0 Å². The fraction of sp³-hybridized carbons (Fsp3) is 0.923. The highest BCUT2D eigenvalue weighted by molar-refractivity contribution is 5.66. The molecule has 0 rings (SSSR count). The second-order valence-electron chi connectivity index (χ2n) is 6.20. The number of rotatable bonds is 9. The maximum Gasteiger partial charge on any atom is 0.460 e. The summed E-state index contributed by atoms with van der Waals surface area (Å²) in [5, 5.41) is 0. The van der Waals surface area contributed by atoms with Crippen molar-refractivity contribution < 1.29 is 66.6 Å². The lowest BCUT2D eigenvalue weighted by atomic mass is 9.91. The molecule has 0 spiro atoms. The lowest BCUT2D eigenvalue weighted by molar-refractivity contribution is -0.440. The summed E-state index contributed by atoms with van der Waals surface area (Å²) >= 11 is 0. The number of esters is 1. The fourth-order valence-electron chi connectivity index (χ4n) is 2.00. The molecule has 0 aliphatic carbocycles. The van der Waals surface area contributed by atoms with Crippen LogP contribution in [0.15, 0.2) is 0 Å². The van der Waals surface area contributed by atoms with E-state index in [1.807, 2.05) is 0 Å². The summed E-state index contributed by atoms with van der Waals surface area (Å²) < 4.78 is 173. The van der Waals surface area contributed by atoms with Gasteiger partial charge in [-0.05, 0) is 14.1 Å². The van der Waals surface area contributed by atoms with Crippen LogP contribution in [0.2, 0.25) is 0 Å². The highest BCUT2D eigenvalue weighted by Crippen LogP contribution is 2.60. The summed E-state index contributed by atoms with van der Waals surface area (Å²) in [6.07, 6.45) is -12.4. The molecule has 16 heteroatoms. The first kappa shape index (κ1) is 27.5. The van der Waals surface area contributed by atoms with Crippen molar-refractivity contribution >= 4 is 5.97 Å². The molecule has 0 radical (unpaired) electrons. The van der Waals surface area contributed by atoms with Gasteiger partial charge in [0.05, 0.1) is 6.42 Å². The van der Waals surface area contributed by atoms with Crippen LogP contribution in [0.5, 0.6) is 0 Å². The zero-order valence-corrected chi connectivity index (χ0v) is 14.7. The Morgan fingerprint density at radius 1 is 0.759 bits per heavy atom. The summed E-state index contributed by atoms with van der Waals surface area (Å²) in [7, 11) is 2.22. The van der Waals surface area contributed by atoms with Crippen molar-refractivity contribution in [3.8, 4) is 0 Å². The minimum absolute atomic E-state index is 0.589. The van der Waals surface area contributed by atoms with Crippen molar-refractivity contribution in [1.82, 2.24) is 4.90 Å². The predicted molar refractivity (Wildman–Crippen MR) is 69.5 cm³/mol. The standard InChI is InChI=1S/C13H14F13NO2/c1-6(28)29-7(5-27(2)3)4-8(14,15)9(16,17)10(18,19)11(20,21)12(22,23)13(24,25)26/h7H,4-5H2,1-3H3. The van der Waals surface area contributed by atoms with Gasteiger partial charge < -0.3 is 9.64 Å². The van der Waals surface area contributed by atoms with Gasteiger partial charge in [0.25, 0.3) is 0 Å². The Labute approximate surface area is 154 Å². The van der Waals surface area contributed by atoms with Crippen molar-refractivity contribution in [2.45, 2.75) is 55.2 Å². The third-order valence-corrected chi connectivity index (χ3v) is 3.38. The van der Waals surface area contributed by atoms with Crippen molar-refractivity contribution in [3.63, 3.8) is 0 Å². The first-order chi connectivity index (χ1) is 12.5. The van der Waals surface area contributed by atoms with E-state index < -0.39 is 60.8 Å². The molecule has 0 aliphatic rings. The zero-order valence-electron chi connectivity index (χ0n) is 14.7. The van der Waals surface area contributed by atoms with Gasteiger partial charge in [-0.25, -0.2) is 0 Å². The Morgan fingerprint density at radius 3 is 1.45 bits per heavy atom. The molecular formula is C13H14F13NO2. The Bertz CT molecular complexity index is 586. The molecule has 0 fully saturated rings. The van der Waals surface area contributed by atoms with Crippen LogP contribution < -0.4 is 0 Å². The molecule has 0 aliphatic heterocycles. The molecule has 0 aromatic heterocycles. The van der Waals surface area contributed by atoms with Crippen LogP contribution in [0.3, 0.4) is 0 Å². The maximum absolute atomic E-state index is 13.8. The molecule has 0 saturated carbocycles. The SMILES string of the molecule is CC(=O)OC(CN(C)C)CC(F)(F)C(F)(F)C(F)(F)C(F)(F)C(F)(F)C(F)(F)F. The second kappa shape index (κ2) is 7.98. The van der Waals surface area contributed by atoms with Crippen LogP contribution in [0.25, 0.3) is 0 Å². The number of nitrogens with zero attached hydrogens (tertiary/aromatic N) is 1.